The van der Waals surface area contributed by atoms with Crippen LogP contribution in [0, 0.1) is 0 Å². The second kappa shape index (κ2) is 8.37. The van der Waals surface area contributed by atoms with Gasteiger partial charge in [-0.25, -0.2) is 4.99 Å². The number of aliphatic imine (C=N–C) groups is 2. The lowest BCUT2D eigenvalue weighted by Gasteiger charge is -2.34. The van der Waals surface area contributed by atoms with E-state index in [4.69, 9.17) is 43.7 Å². The molecule has 0 bridgehead atoms. The van der Waals surface area contributed by atoms with E-state index < -0.39 is 11.6 Å². The van der Waals surface area contributed by atoms with E-state index in [1.807, 2.05) is 54.6 Å². The highest BCUT2D eigenvalue weighted by Crippen LogP contribution is 2.43. The zero-order valence-corrected chi connectivity index (χ0v) is 19.4. The molecule has 6 nitrogen and oxygen atoms in total. The van der Waals surface area contributed by atoms with Crippen LogP contribution in [0.2, 0.25) is 10.0 Å². The lowest BCUT2D eigenvalue weighted by atomic mass is 9.81. The number of guanidine groups is 1. The molecule has 2 aliphatic rings. The fourth-order valence-electron chi connectivity index (χ4n) is 4.46. The molecule has 2 heterocycles. The molecule has 168 valence electrons. The quantitative estimate of drug-likeness (QED) is 0.582. The molecule has 33 heavy (non-hydrogen) atoms. The largest absolute Gasteiger partial charge is 0.497 e. The van der Waals surface area contributed by atoms with Crippen molar-refractivity contribution in [1.82, 2.24) is 4.90 Å². The van der Waals surface area contributed by atoms with Gasteiger partial charge in [-0.2, -0.15) is 0 Å². The van der Waals surface area contributed by atoms with E-state index in [0.717, 1.165) is 28.0 Å². The maximum Gasteiger partial charge on any atom is 0.198 e. The van der Waals surface area contributed by atoms with Crippen LogP contribution in [-0.4, -0.2) is 48.1 Å². The monoisotopic (exact) mass is 480 g/mol. The Morgan fingerprint density at radius 3 is 2.42 bits per heavy atom. The van der Waals surface area contributed by atoms with E-state index in [2.05, 4.69) is 6.07 Å². The molecule has 0 aliphatic carbocycles. The summed E-state index contributed by atoms with van der Waals surface area (Å²) in [6.45, 7) is 0.631. The molecule has 8 heteroatoms. The van der Waals surface area contributed by atoms with Gasteiger partial charge >= 0.3 is 0 Å². The first-order valence-electron chi connectivity index (χ1n) is 10.5. The molecule has 2 unspecified atom stereocenters. The van der Waals surface area contributed by atoms with Gasteiger partial charge < -0.3 is 15.6 Å². The highest BCUT2D eigenvalue weighted by atomic mass is 35.5. The van der Waals surface area contributed by atoms with Gasteiger partial charge in [0.25, 0.3) is 0 Å². The smallest absolute Gasteiger partial charge is 0.198 e. The molecule has 2 atom stereocenters. The van der Waals surface area contributed by atoms with Crippen molar-refractivity contribution in [2.24, 2.45) is 15.7 Å². The molecule has 0 amide bonds. The van der Waals surface area contributed by atoms with Crippen molar-refractivity contribution in [1.29, 1.82) is 0 Å². The SMILES string of the molecule is COc1ccc(C2(c3cccc(-c4cc(Cl)cc(Cl)c4)c3)N=C(N)N3CC(O)CN=C32)cc1. The number of aliphatic hydroxyl groups excluding tert-OH is 1. The fourth-order valence-corrected chi connectivity index (χ4v) is 4.98. The third kappa shape index (κ3) is 3.74. The number of methoxy groups -OCH3 is 1. The summed E-state index contributed by atoms with van der Waals surface area (Å²) in [5.74, 6) is 1.75. The van der Waals surface area contributed by atoms with Crippen LogP contribution in [0.3, 0.4) is 0 Å². The van der Waals surface area contributed by atoms with Crippen LogP contribution in [0.25, 0.3) is 11.1 Å². The van der Waals surface area contributed by atoms with E-state index in [1.54, 1.807) is 18.1 Å². The molecule has 0 spiro atoms. The summed E-state index contributed by atoms with van der Waals surface area (Å²) in [7, 11) is 1.63. The van der Waals surface area contributed by atoms with Crippen LogP contribution < -0.4 is 10.5 Å². The molecule has 0 saturated heterocycles. The van der Waals surface area contributed by atoms with Gasteiger partial charge in [0, 0.05) is 10.0 Å². The lowest BCUT2D eigenvalue weighted by Crippen LogP contribution is -2.50. The minimum atomic E-state index is -0.963. The molecule has 0 radical (unpaired) electrons. The van der Waals surface area contributed by atoms with Gasteiger partial charge in [-0.05, 0) is 58.7 Å². The standard InChI is InChI=1S/C25H22Cl2N4O2/c1-33-22-7-5-17(6-8-22)25(23-29-13-21(32)14-31(23)24(28)30-25)18-4-2-3-15(9-18)16-10-19(26)12-20(27)11-16/h2-12,21,32H,13-14H2,1H3,(H2,28,30). The average Bonchev–Trinajstić information content (AvgIpc) is 3.11. The number of fused-ring (bicyclic) bond motifs is 1. The van der Waals surface area contributed by atoms with Crippen molar-refractivity contribution >= 4 is 35.0 Å². The molecule has 2 aliphatic heterocycles. The summed E-state index contributed by atoms with van der Waals surface area (Å²) in [6, 6.07) is 21.2. The Hall–Kier alpha value is -3.06. The molecule has 0 aromatic heterocycles. The third-order valence-corrected chi connectivity index (χ3v) is 6.40. The van der Waals surface area contributed by atoms with Crippen LogP contribution in [0.5, 0.6) is 5.75 Å². The van der Waals surface area contributed by atoms with E-state index in [1.165, 1.54) is 0 Å². The Labute approximate surface area is 201 Å². The van der Waals surface area contributed by atoms with Crippen molar-refractivity contribution in [3.05, 3.63) is 87.9 Å². The predicted octanol–water partition coefficient (Wildman–Crippen LogP) is 4.32. The molecule has 3 aromatic rings. The highest BCUT2D eigenvalue weighted by molar-refractivity contribution is 6.35. The minimum absolute atomic E-state index is 0.288. The number of hydrogen-bond donors (Lipinski definition) is 2. The van der Waals surface area contributed by atoms with Crippen molar-refractivity contribution < 1.29 is 9.84 Å². The number of ether oxygens (including phenoxy) is 1. The highest BCUT2D eigenvalue weighted by Gasteiger charge is 2.50. The van der Waals surface area contributed by atoms with E-state index in [0.29, 0.717) is 28.4 Å². The Kier molecular flexibility index (Phi) is 5.52. The second-order valence-corrected chi connectivity index (χ2v) is 8.95. The van der Waals surface area contributed by atoms with Crippen LogP contribution in [0.1, 0.15) is 11.1 Å². The fraction of sp³-hybridized carbons (Fsp3) is 0.200. The first kappa shape index (κ1) is 21.8. The van der Waals surface area contributed by atoms with Gasteiger partial charge in [-0.1, -0.05) is 53.5 Å². The van der Waals surface area contributed by atoms with Crippen LogP contribution in [-0.2, 0) is 5.54 Å². The summed E-state index contributed by atoms with van der Waals surface area (Å²) in [5.41, 5.74) is 9.03. The Bertz CT molecular complexity index is 1260. The summed E-state index contributed by atoms with van der Waals surface area (Å²) in [6.07, 6.45) is -0.603. The maximum atomic E-state index is 10.2. The Morgan fingerprint density at radius 1 is 1.00 bits per heavy atom. The Balaban J connectivity index is 1.73. The van der Waals surface area contributed by atoms with Crippen molar-refractivity contribution in [3.8, 4) is 16.9 Å². The zero-order chi connectivity index (χ0) is 23.2. The van der Waals surface area contributed by atoms with Gasteiger partial charge in [0.1, 0.15) is 11.6 Å². The van der Waals surface area contributed by atoms with Crippen molar-refractivity contribution in [3.63, 3.8) is 0 Å². The van der Waals surface area contributed by atoms with E-state index in [-0.39, 0.29) is 6.54 Å². The molecular weight excluding hydrogens is 459 g/mol. The maximum absolute atomic E-state index is 10.2. The van der Waals surface area contributed by atoms with Gasteiger partial charge in [-0.3, -0.25) is 9.89 Å². The van der Waals surface area contributed by atoms with Gasteiger partial charge in [0.2, 0.25) is 0 Å². The number of aliphatic hydroxyl groups is 1. The molecule has 3 N–H and O–H groups in total. The number of nitrogens with two attached hydrogens (primary N) is 1. The number of benzene rings is 3. The lowest BCUT2D eigenvalue weighted by molar-refractivity contribution is 0.158. The normalized spacial score (nSPS) is 21.9. The van der Waals surface area contributed by atoms with Crippen LogP contribution >= 0.6 is 23.2 Å². The average molecular weight is 481 g/mol. The second-order valence-electron chi connectivity index (χ2n) is 8.08. The summed E-state index contributed by atoms with van der Waals surface area (Å²) < 4.78 is 5.35. The van der Waals surface area contributed by atoms with Crippen molar-refractivity contribution in [2.75, 3.05) is 20.2 Å². The third-order valence-electron chi connectivity index (χ3n) is 5.97. The topological polar surface area (TPSA) is 83.4 Å². The van der Waals surface area contributed by atoms with Gasteiger partial charge in [-0.15, -0.1) is 0 Å². The van der Waals surface area contributed by atoms with Crippen molar-refractivity contribution in [2.45, 2.75) is 11.6 Å². The Morgan fingerprint density at radius 2 is 1.73 bits per heavy atom. The van der Waals surface area contributed by atoms with Gasteiger partial charge in [0.05, 0.1) is 26.3 Å². The molecule has 3 aromatic carbocycles. The van der Waals surface area contributed by atoms with E-state index in [9.17, 15) is 5.11 Å². The van der Waals surface area contributed by atoms with E-state index >= 15 is 0 Å². The van der Waals surface area contributed by atoms with Gasteiger partial charge in [0.15, 0.2) is 11.5 Å². The zero-order valence-electron chi connectivity index (χ0n) is 17.9. The van der Waals surface area contributed by atoms with Crippen LogP contribution in [0.4, 0.5) is 0 Å². The first-order valence-corrected chi connectivity index (χ1v) is 11.2. The minimum Gasteiger partial charge on any atom is -0.497 e. The number of halogens is 2. The molecule has 5 rings (SSSR count). The summed E-state index contributed by atoms with van der Waals surface area (Å²) in [5, 5.41) is 11.3. The molecule has 0 saturated carbocycles. The number of amidine groups is 1. The summed E-state index contributed by atoms with van der Waals surface area (Å²) >= 11 is 12.5. The van der Waals surface area contributed by atoms with Crippen LogP contribution in [0.15, 0.2) is 76.7 Å². The predicted molar refractivity (Wildman–Crippen MR) is 132 cm³/mol. The number of nitrogens with zero attached hydrogens (tertiary/aromatic N) is 3. The molecular formula is C25H22Cl2N4O2. The number of rotatable bonds is 4. The first-order chi connectivity index (χ1) is 15.9. The number of hydrogen-bond acceptors (Lipinski definition) is 6. The molecule has 0 fully saturated rings. The summed E-state index contributed by atoms with van der Waals surface area (Å²) in [4.78, 5) is 11.5.